The fraction of sp³-hybridized carbons (Fsp3) is 0.231. The smallest absolute Gasteiger partial charge is 0.123 e. The zero-order chi connectivity index (χ0) is 11.3. The summed E-state index contributed by atoms with van der Waals surface area (Å²) < 4.78 is 17.9. The predicted molar refractivity (Wildman–Crippen MR) is 60.8 cm³/mol. The van der Waals surface area contributed by atoms with Gasteiger partial charge < -0.3 is 4.74 Å². The van der Waals surface area contributed by atoms with E-state index >= 15 is 0 Å². The third-order valence-corrected chi connectivity index (χ3v) is 2.01. The van der Waals surface area contributed by atoms with Gasteiger partial charge in [0.2, 0.25) is 0 Å². The lowest BCUT2D eigenvalue weighted by Gasteiger charge is -2.04. The van der Waals surface area contributed by atoms with Gasteiger partial charge in [0, 0.05) is 0 Å². The number of hydrogen-bond acceptors (Lipinski definition) is 1. The summed E-state index contributed by atoms with van der Waals surface area (Å²) in [6.45, 7) is 8.21. The van der Waals surface area contributed by atoms with Crippen molar-refractivity contribution in [3.05, 3.63) is 54.1 Å². The van der Waals surface area contributed by atoms with Crippen LogP contribution in [-0.2, 0) is 4.74 Å². The van der Waals surface area contributed by atoms with Gasteiger partial charge in [0.1, 0.15) is 11.6 Å². The Labute approximate surface area is 89.9 Å². The molecule has 1 nitrogen and oxygen atoms in total. The number of hydrogen-bond donors (Lipinski definition) is 0. The van der Waals surface area contributed by atoms with Crippen molar-refractivity contribution in [3.63, 3.8) is 0 Å². The van der Waals surface area contributed by atoms with Crippen LogP contribution in [0.3, 0.4) is 0 Å². The minimum Gasteiger partial charge on any atom is -0.495 e. The lowest BCUT2D eigenvalue weighted by molar-refractivity contribution is 0.244. The lowest BCUT2D eigenvalue weighted by Crippen LogP contribution is -1.88. The van der Waals surface area contributed by atoms with Crippen molar-refractivity contribution in [2.75, 3.05) is 6.61 Å². The molecule has 0 unspecified atom stereocenters. The fourth-order valence-corrected chi connectivity index (χ4v) is 1.26. The number of halogens is 1. The van der Waals surface area contributed by atoms with E-state index in [1.54, 1.807) is 12.1 Å². The van der Waals surface area contributed by atoms with Crippen LogP contribution >= 0.6 is 0 Å². The van der Waals surface area contributed by atoms with Crippen molar-refractivity contribution in [2.45, 2.75) is 13.8 Å². The molecule has 0 fully saturated rings. The van der Waals surface area contributed by atoms with Crippen molar-refractivity contribution >= 4 is 5.57 Å². The van der Waals surface area contributed by atoms with E-state index in [9.17, 15) is 4.39 Å². The molecule has 0 heterocycles. The van der Waals surface area contributed by atoms with Crippen molar-refractivity contribution in [1.82, 2.24) is 0 Å². The Morgan fingerprint density at radius 2 is 2.00 bits per heavy atom. The number of rotatable bonds is 4. The summed E-state index contributed by atoms with van der Waals surface area (Å²) in [6.07, 6.45) is 1.84. The van der Waals surface area contributed by atoms with Gasteiger partial charge in [-0.3, -0.25) is 0 Å². The van der Waals surface area contributed by atoms with Crippen LogP contribution in [0.5, 0.6) is 0 Å². The van der Waals surface area contributed by atoms with Crippen LogP contribution in [0, 0.1) is 5.82 Å². The molecular formula is C13H15FO. The lowest BCUT2D eigenvalue weighted by atomic mass is 10.1. The molecular weight excluding hydrogens is 191 g/mol. The molecule has 0 atom stereocenters. The Morgan fingerprint density at radius 3 is 2.53 bits per heavy atom. The van der Waals surface area contributed by atoms with Gasteiger partial charge >= 0.3 is 0 Å². The molecule has 0 aromatic heterocycles. The van der Waals surface area contributed by atoms with Gasteiger partial charge in [0.15, 0.2) is 0 Å². The average Bonchev–Trinajstić information content (AvgIpc) is 2.18. The van der Waals surface area contributed by atoms with Crippen LogP contribution in [0.1, 0.15) is 19.4 Å². The van der Waals surface area contributed by atoms with E-state index in [1.807, 2.05) is 19.9 Å². The fourth-order valence-electron chi connectivity index (χ4n) is 1.26. The van der Waals surface area contributed by atoms with E-state index in [0.717, 1.165) is 11.1 Å². The highest BCUT2D eigenvalue weighted by Gasteiger charge is 1.97. The highest BCUT2D eigenvalue weighted by molar-refractivity contribution is 5.65. The van der Waals surface area contributed by atoms with E-state index in [1.165, 1.54) is 12.1 Å². The first-order chi connectivity index (χ1) is 7.13. The normalized spacial score (nSPS) is 11.3. The molecule has 0 aliphatic carbocycles. The second-order valence-electron chi connectivity index (χ2n) is 3.23. The molecule has 1 aromatic rings. The van der Waals surface area contributed by atoms with Crippen LogP contribution in [0.15, 0.2) is 42.7 Å². The standard InChI is InChI=1S/C13H15FO/c1-4-15-11(3)9-10(2)12-5-7-13(14)8-6-12/h5-9H,3-4H2,1-2H3/b10-9+. The third-order valence-electron chi connectivity index (χ3n) is 2.01. The number of allylic oxidation sites excluding steroid dienone is 2. The highest BCUT2D eigenvalue weighted by atomic mass is 19.1. The first-order valence-electron chi connectivity index (χ1n) is 4.89. The van der Waals surface area contributed by atoms with Crippen molar-refractivity contribution in [1.29, 1.82) is 0 Å². The zero-order valence-corrected chi connectivity index (χ0v) is 9.09. The third kappa shape index (κ3) is 3.58. The van der Waals surface area contributed by atoms with Crippen LogP contribution in [0.2, 0.25) is 0 Å². The molecule has 2 heteroatoms. The van der Waals surface area contributed by atoms with Gasteiger partial charge in [0.25, 0.3) is 0 Å². The van der Waals surface area contributed by atoms with E-state index in [4.69, 9.17) is 4.74 Å². The summed E-state index contributed by atoms with van der Waals surface area (Å²) in [7, 11) is 0. The second-order valence-corrected chi connectivity index (χ2v) is 3.23. The molecule has 0 aliphatic rings. The summed E-state index contributed by atoms with van der Waals surface area (Å²) in [5, 5.41) is 0. The molecule has 15 heavy (non-hydrogen) atoms. The Kier molecular flexibility index (Phi) is 4.10. The molecule has 80 valence electrons. The monoisotopic (exact) mass is 206 g/mol. The topological polar surface area (TPSA) is 9.23 Å². The van der Waals surface area contributed by atoms with Crippen LogP contribution in [0.4, 0.5) is 4.39 Å². The Balaban J connectivity index is 2.79. The van der Waals surface area contributed by atoms with E-state index in [2.05, 4.69) is 6.58 Å². The molecule has 0 saturated carbocycles. The van der Waals surface area contributed by atoms with Gasteiger partial charge in [-0.1, -0.05) is 18.7 Å². The maximum atomic E-state index is 12.7. The molecule has 0 spiro atoms. The van der Waals surface area contributed by atoms with E-state index in [0.29, 0.717) is 12.4 Å². The molecule has 1 aromatic carbocycles. The molecule has 1 rings (SSSR count). The van der Waals surface area contributed by atoms with Gasteiger partial charge in [-0.25, -0.2) is 4.39 Å². The minimum atomic E-state index is -0.227. The molecule has 0 bridgehead atoms. The van der Waals surface area contributed by atoms with Crippen molar-refractivity contribution in [3.8, 4) is 0 Å². The van der Waals surface area contributed by atoms with Crippen LogP contribution in [0.25, 0.3) is 5.57 Å². The zero-order valence-electron chi connectivity index (χ0n) is 9.09. The quantitative estimate of drug-likeness (QED) is 0.538. The van der Waals surface area contributed by atoms with Crippen LogP contribution < -0.4 is 0 Å². The first-order valence-corrected chi connectivity index (χ1v) is 4.89. The Morgan fingerprint density at radius 1 is 1.40 bits per heavy atom. The minimum absolute atomic E-state index is 0.227. The Bertz CT molecular complexity index is 363. The maximum absolute atomic E-state index is 12.7. The second kappa shape index (κ2) is 5.35. The largest absolute Gasteiger partial charge is 0.495 e. The molecule has 0 N–H and O–H groups in total. The molecule has 0 aliphatic heterocycles. The SMILES string of the molecule is C=C(/C=C(\C)c1ccc(F)cc1)OCC. The van der Waals surface area contributed by atoms with Crippen molar-refractivity contribution in [2.24, 2.45) is 0 Å². The summed E-state index contributed by atoms with van der Waals surface area (Å²) >= 11 is 0. The van der Waals surface area contributed by atoms with Gasteiger partial charge in [-0.15, -0.1) is 0 Å². The van der Waals surface area contributed by atoms with Gasteiger partial charge in [0.05, 0.1) is 6.61 Å². The molecule has 0 amide bonds. The van der Waals surface area contributed by atoms with E-state index < -0.39 is 0 Å². The summed E-state index contributed by atoms with van der Waals surface area (Å²) in [6, 6.07) is 6.35. The van der Waals surface area contributed by atoms with E-state index in [-0.39, 0.29) is 5.82 Å². The number of ether oxygens (including phenoxy) is 1. The van der Waals surface area contributed by atoms with Crippen LogP contribution in [-0.4, -0.2) is 6.61 Å². The maximum Gasteiger partial charge on any atom is 0.123 e. The number of benzene rings is 1. The van der Waals surface area contributed by atoms with Gasteiger partial charge in [-0.2, -0.15) is 0 Å². The Hall–Kier alpha value is -1.57. The van der Waals surface area contributed by atoms with Gasteiger partial charge in [-0.05, 0) is 43.2 Å². The first kappa shape index (κ1) is 11.5. The molecule has 0 radical (unpaired) electrons. The highest BCUT2D eigenvalue weighted by Crippen LogP contribution is 2.16. The summed E-state index contributed by atoms with van der Waals surface area (Å²) in [4.78, 5) is 0. The summed E-state index contributed by atoms with van der Waals surface area (Å²) in [5.41, 5.74) is 1.98. The average molecular weight is 206 g/mol. The summed E-state index contributed by atoms with van der Waals surface area (Å²) in [5.74, 6) is 0.398. The molecule has 0 saturated heterocycles. The van der Waals surface area contributed by atoms with Crippen molar-refractivity contribution < 1.29 is 9.13 Å². The predicted octanol–water partition coefficient (Wildman–Crippen LogP) is 3.78.